The van der Waals surface area contributed by atoms with E-state index in [2.05, 4.69) is 11.1 Å². The SMILES string of the molecule is COc1ccc2[nH]c(=O)c(CCC(=O)N3CCC(C#N)CC3)cc2c1. The van der Waals surface area contributed by atoms with Gasteiger partial charge in [-0.25, -0.2) is 0 Å². The number of likely N-dealkylation sites (tertiary alicyclic amines) is 1. The maximum absolute atomic E-state index is 12.4. The Labute approximate surface area is 146 Å². The Bertz CT molecular complexity index is 874. The van der Waals surface area contributed by atoms with E-state index in [0.717, 1.165) is 29.5 Å². The third-order valence-electron chi connectivity index (χ3n) is 4.77. The summed E-state index contributed by atoms with van der Waals surface area (Å²) in [5, 5.41) is 9.81. The normalized spacial score (nSPS) is 15.1. The minimum atomic E-state index is -0.159. The predicted octanol–water partition coefficient (Wildman–Crippen LogP) is 2.23. The fraction of sp³-hybridized carbons (Fsp3) is 0.421. The number of aryl methyl sites for hydroxylation is 1. The highest BCUT2D eigenvalue weighted by Crippen LogP contribution is 2.20. The zero-order valence-electron chi connectivity index (χ0n) is 14.2. The lowest BCUT2D eigenvalue weighted by Crippen LogP contribution is -2.38. The number of hydrogen-bond acceptors (Lipinski definition) is 4. The number of ether oxygens (including phenoxy) is 1. The van der Waals surface area contributed by atoms with Gasteiger partial charge in [-0.05, 0) is 43.5 Å². The van der Waals surface area contributed by atoms with Gasteiger partial charge in [-0.1, -0.05) is 0 Å². The van der Waals surface area contributed by atoms with E-state index in [1.54, 1.807) is 18.1 Å². The summed E-state index contributed by atoms with van der Waals surface area (Å²) in [5.74, 6) is 0.825. The van der Waals surface area contributed by atoms with Crippen LogP contribution >= 0.6 is 0 Å². The van der Waals surface area contributed by atoms with Crippen LogP contribution in [-0.2, 0) is 11.2 Å². The van der Waals surface area contributed by atoms with Gasteiger partial charge in [-0.2, -0.15) is 5.26 Å². The van der Waals surface area contributed by atoms with Crippen molar-refractivity contribution in [2.45, 2.75) is 25.7 Å². The highest BCUT2D eigenvalue weighted by atomic mass is 16.5. The largest absolute Gasteiger partial charge is 0.497 e. The van der Waals surface area contributed by atoms with Crippen molar-refractivity contribution in [3.05, 3.63) is 40.2 Å². The van der Waals surface area contributed by atoms with Gasteiger partial charge in [0.15, 0.2) is 0 Å². The molecule has 1 aliphatic heterocycles. The number of aromatic nitrogens is 1. The van der Waals surface area contributed by atoms with Gasteiger partial charge in [-0.15, -0.1) is 0 Å². The number of carbonyl (C=O) groups excluding carboxylic acids is 1. The van der Waals surface area contributed by atoms with Crippen LogP contribution in [0.3, 0.4) is 0 Å². The molecule has 6 nitrogen and oxygen atoms in total. The van der Waals surface area contributed by atoms with E-state index in [0.29, 0.717) is 31.5 Å². The molecule has 0 saturated carbocycles. The zero-order chi connectivity index (χ0) is 17.8. The molecule has 0 aliphatic carbocycles. The van der Waals surface area contributed by atoms with E-state index in [4.69, 9.17) is 10.00 Å². The Morgan fingerprint density at radius 2 is 2.12 bits per heavy atom. The number of nitriles is 1. The standard InChI is InChI=1S/C19H21N3O3/c1-25-16-3-4-17-15(11-16)10-14(19(24)21-17)2-5-18(23)22-8-6-13(12-20)7-9-22/h3-4,10-11,13H,2,5-9H2,1H3,(H,21,24). The maximum atomic E-state index is 12.4. The maximum Gasteiger partial charge on any atom is 0.251 e. The molecule has 0 spiro atoms. The second-order valence-electron chi connectivity index (χ2n) is 6.36. The molecular formula is C19H21N3O3. The number of rotatable bonds is 4. The number of methoxy groups -OCH3 is 1. The summed E-state index contributed by atoms with van der Waals surface area (Å²) < 4.78 is 5.21. The van der Waals surface area contributed by atoms with Crippen molar-refractivity contribution in [2.24, 2.45) is 5.92 Å². The lowest BCUT2D eigenvalue weighted by Gasteiger charge is -2.29. The number of nitrogens with one attached hydrogen (secondary N) is 1. The van der Waals surface area contributed by atoms with Gasteiger partial charge in [0, 0.05) is 41.9 Å². The van der Waals surface area contributed by atoms with Crippen LogP contribution < -0.4 is 10.3 Å². The summed E-state index contributed by atoms with van der Waals surface area (Å²) in [6.07, 6.45) is 2.17. The molecule has 1 aromatic carbocycles. The number of aromatic amines is 1. The van der Waals surface area contributed by atoms with Gasteiger partial charge < -0.3 is 14.6 Å². The predicted molar refractivity (Wildman–Crippen MR) is 94.4 cm³/mol. The van der Waals surface area contributed by atoms with Crippen LogP contribution in [0.15, 0.2) is 29.1 Å². The second kappa shape index (κ2) is 7.39. The van der Waals surface area contributed by atoms with Crippen molar-refractivity contribution >= 4 is 16.8 Å². The molecule has 0 unspecified atom stereocenters. The molecule has 1 aliphatic rings. The lowest BCUT2D eigenvalue weighted by molar-refractivity contribution is -0.132. The van der Waals surface area contributed by atoms with Crippen molar-refractivity contribution < 1.29 is 9.53 Å². The van der Waals surface area contributed by atoms with Gasteiger partial charge in [0.05, 0.1) is 13.2 Å². The minimum Gasteiger partial charge on any atom is -0.497 e. The monoisotopic (exact) mass is 339 g/mol. The fourth-order valence-electron chi connectivity index (χ4n) is 3.20. The van der Waals surface area contributed by atoms with Crippen molar-refractivity contribution in [3.63, 3.8) is 0 Å². The van der Waals surface area contributed by atoms with E-state index < -0.39 is 0 Å². The van der Waals surface area contributed by atoms with Gasteiger partial charge >= 0.3 is 0 Å². The number of H-pyrrole nitrogens is 1. The molecule has 1 amide bonds. The summed E-state index contributed by atoms with van der Waals surface area (Å²) in [5.41, 5.74) is 1.19. The van der Waals surface area contributed by atoms with E-state index in [-0.39, 0.29) is 17.4 Å². The van der Waals surface area contributed by atoms with E-state index >= 15 is 0 Å². The molecule has 0 atom stereocenters. The molecule has 0 radical (unpaired) electrons. The number of pyridine rings is 1. The molecule has 25 heavy (non-hydrogen) atoms. The zero-order valence-corrected chi connectivity index (χ0v) is 14.2. The first-order valence-corrected chi connectivity index (χ1v) is 8.48. The van der Waals surface area contributed by atoms with Crippen molar-refractivity contribution in [1.82, 2.24) is 9.88 Å². The molecule has 2 aromatic rings. The highest BCUT2D eigenvalue weighted by molar-refractivity contribution is 5.81. The van der Waals surface area contributed by atoms with Gasteiger partial charge in [0.2, 0.25) is 5.91 Å². The molecule has 1 N–H and O–H groups in total. The first-order chi connectivity index (χ1) is 12.1. The summed E-state index contributed by atoms with van der Waals surface area (Å²) in [6, 6.07) is 9.56. The topological polar surface area (TPSA) is 86.2 Å². The number of hydrogen-bond donors (Lipinski definition) is 1. The van der Waals surface area contributed by atoms with Gasteiger partial charge in [0.1, 0.15) is 5.75 Å². The summed E-state index contributed by atoms with van der Waals surface area (Å²) in [6.45, 7) is 1.25. The molecular weight excluding hydrogens is 318 g/mol. The van der Waals surface area contributed by atoms with Crippen LogP contribution in [0, 0.1) is 17.2 Å². The van der Waals surface area contributed by atoms with E-state index in [9.17, 15) is 9.59 Å². The van der Waals surface area contributed by atoms with Crippen molar-refractivity contribution in [1.29, 1.82) is 5.26 Å². The van der Waals surface area contributed by atoms with Crippen LogP contribution in [0.25, 0.3) is 10.9 Å². The number of carbonyl (C=O) groups is 1. The molecule has 0 bridgehead atoms. The van der Waals surface area contributed by atoms with Gasteiger partial charge in [0.25, 0.3) is 5.56 Å². The molecule has 130 valence electrons. The van der Waals surface area contributed by atoms with E-state index in [1.807, 2.05) is 18.2 Å². The number of amides is 1. The number of nitrogens with zero attached hydrogens (tertiary/aromatic N) is 2. The fourth-order valence-corrected chi connectivity index (χ4v) is 3.20. The molecule has 6 heteroatoms. The van der Waals surface area contributed by atoms with Crippen LogP contribution in [-0.4, -0.2) is 36.0 Å². The molecule has 2 heterocycles. The summed E-state index contributed by atoms with van der Waals surface area (Å²) in [7, 11) is 1.60. The van der Waals surface area contributed by atoms with Crippen molar-refractivity contribution in [2.75, 3.05) is 20.2 Å². The summed E-state index contributed by atoms with van der Waals surface area (Å²) >= 11 is 0. The Hall–Kier alpha value is -2.81. The highest BCUT2D eigenvalue weighted by Gasteiger charge is 2.22. The second-order valence-corrected chi connectivity index (χ2v) is 6.36. The third kappa shape index (κ3) is 3.82. The van der Waals surface area contributed by atoms with Crippen molar-refractivity contribution in [3.8, 4) is 11.8 Å². The molecule has 1 fully saturated rings. The van der Waals surface area contributed by atoms with Crippen LogP contribution in [0.1, 0.15) is 24.8 Å². The lowest BCUT2D eigenvalue weighted by atomic mass is 9.98. The minimum absolute atomic E-state index is 0.0431. The number of fused-ring (bicyclic) bond motifs is 1. The molecule has 3 rings (SSSR count). The first kappa shape index (κ1) is 17.0. The average molecular weight is 339 g/mol. The first-order valence-electron chi connectivity index (χ1n) is 8.48. The summed E-state index contributed by atoms with van der Waals surface area (Å²) in [4.78, 5) is 29.2. The quantitative estimate of drug-likeness (QED) is 0.925. The number of benzene rings is 1. The van der Waals surface area contributed by atoms with E-state index in [1.165, 1.54) is 0 Å². The average Bonchev–Trinajstić information content (AvgIpc) is 2.65. The van der Waals surface area contributed by atoms with Crippen LogP contribution in [0.4, 0.5) is 0 Å². The Morgan fingerprint density at radius 1 is 1.36 bits per heavy atom. The smallest absolute Gasteiger partial charge is 0.251 e. The van der Waals surface area contributed by atoms with Gasteiger partial charge in [-0.3, -0.25) is 9.59 Å². The Balaban J connectivity index is 1.68. The molecule has 1 saturated heterocycles. The number of piperidine rings is 1. The molecule has 1 aromatic heterocycles. The Morgan fingerprint density at radius 3 is 2.80 bits per heavy atom. The third-order valence-corrected chi connectivity index (χ3v) is 4.77. The van der Waals surface area contributed by atoms with Crippen LogP contribution in [0.2, 0.25) is 0 Å². The Kier molecular flexibility index (Phi) is 5.03. The van der Waals surface area contributed by atoms with Crippen LogP contribution in [0.5, 0.6) is 5.75 Å².